The van der Waals surface area contributed by atoms with Crippen LogP contribution in [0.15, 0.2) is 0 Å². The van der Waals surface area contributed by atoms with Gasteiger partial charge in [-0.25, -0.2) is 9.67 Å². The molecule has 0 aliphatic carbocycles. The fraction of sp³-hybridized carbons (Fsp3) is 0.583. The second-order valence-electron chi connectivity index (χ2n) is 4.20. The Kier molecular flexibility index (Phi) is 3.36. The average Bonchev–Trinajstić information content (AvgIpc) is 2.91. The third-order valence-electron chi connectivity index (χ3n) is 3.00. The highest BCUT2D eigenvalue weighted by molar-refractivity contribution is 5.57. The summed E-state index contributed by atoms with van der Waals surface area (Å²) in [5.74, 6) is 2.60. The third-order valence-corrected chi connectivity index (χ3v) is 3.00. The van der Waals surface area contributed by atoms with Crippen LogP contribution in [0, 0.1) is 6.92 Å². The van der Waals surface area contributed by atoms with Gasteiger partial charge in [0, 0.05) is 19.4 Å². The number of rotatable bonds is 4. The summed E-state index contributed by atoms with van der Waals surface area (Å²) in [5.41, 5.74) is 7.63. The summed E-state index contributed by atoms with van der Waals surface area (Å²) in [4.78, 5) is 4.50. The Morgan fingerprint density at radius 3 is 2.39 bits per heavy atom. The lowest BCUT2D eigenvalue weighted by Gasteiger charge is -2.07. The van der Waals surface area contributed by atoms with Crippen LogP contribution in [0.5, 0.6) is 0 Å². The number of hydrogen-bond acceptors (Lipinski definition) is 4. The van der Waals surface area contributed by atoms with Crippen LogP contribution in [-0.4, -0.2) is 24.5 Å². The first-order valence-corrected chi connectivity index (χ1v) is 6.40. The van der Waals surface area contributed by atoms with E-state index in [2.05, 4.69) is 22.1 Å². The van der Waals surface area contributed by atoms with Gasteiger partial charge in [-0.2, -0.15) is 9.78 Å². The van der Waals surface area contributed by atoms with Gasteiger partial charge in [0.1, 0.15) is 5.82 Å². The largest absolute Gasteiger partial charge is 0.394 e. The van der Waals surface area contributed by atoms with E-state index in [0.717, 1.165) is 42.5 Å². The van der Waals surface area contributed by atoms with E-state index >= 15 is 0 Å². The number of nitrogen functional groups attached to an aromatic ring is 1. The molecule has 2 aromatic rings. The topological polar surface area (TPSA) is 74.6 Å². The molecule has 0 radical (unpaired) electrons. The maximum atomic E-state index is 6.11. The van der Waals surface area contributed by atoms with Crippen LogP contribution in [0.25, 0.3) is 5.82 Å². The molecular formula is C12H20N6. The Balaban J connectivity index is 2.63. The Hall–Kier alpha value is -1.85. The molecule has 0 saturated heterocycles. The van der Waals surface area contributed by atoms with Crippen molar-refractivity contribution >= 4 is 5.69 Å². The molecule has 0 aliphatic rings. The summed E-state index contributed by atoms with van der Waals surface area (Å²) in [5, 5.41) is 8.94. The number of aromatic nitrogens is 5. The zero-order valence-electron chi connectivity index (χ0n) is 11.4. The zero-order chi connectivity index (χ0) is 13.3. The first-order chi connectivity index (χ1) is 8.62. The van der Waals surface area contributed by atoms with Gasteiger partial charge in [0.15, 0.2) is 11.6 Å². The van der Waals surface area contributed by atoms with E-state index in [1.54, 1.807) is 0 Å². The molecule has 98 valence electrons. The second kappa shape index (κ2) is 4.80. The first-order valence-electron chi connectivity index (χ1n) is 6.40. The molecule has 6 heteroatoms. The molecule has 0 bridgehead atoms. The van der Waals surface area contributed by atoms with Crippen molar-refractivity contribution in [3.63, 3.8) is 0 Å². The number of aryl methyl sites for hydroxylation is 4. The monoisotopic (exact) mass is 248 g/mol. The molecule has 0 aromatic carbocycles. The highest BCUT2D eigenvalue weighted by Crippen LogP contribution is 2.22. The van der Waals surface area contributed by atoms with E-state index < -0.39 is 0 Å². The summed E-state index contributed by atoms with van der Waals surface area (Å²) in [6, 6.07) is 0. The Morgan fingerprint density at radius 1 is 1.11 bits per heavy atom. The molecule has 0 unspecified atom stereocenters. The molecule has 0 amide bonds. The van der Waals surface area contributed by atoms with Gasteiger partial charge in [0.25, 0.3) is 0 Å². The van der Waals surface area contributed by atoms with Gasteiger partial charge in [-0.1, -0.05) is 13.8 Å². The van der Waals surface area contributed by atoms with Crippen LogP contribution in [0.4, 0.5) is 5.69 Å². The standard InChI is InChI=1S/C12H20N6/c1-5-9-14-10(6-2)18(16-9)12-11(13)8(4)15-17(12)7-3/h5-7,13H2,1-4H3. The highest BCUT2D eigenvalue weighted by atomic mass is 15.4. The van der Waals surface area contributed by atoms with Crippen molar-refractivity contribution in [2.24, 2.45) is 0 Å². The SMILES string of the molecule is CCc1nc(CC)n(-c2c(N)c(C)nn2CC)n1. The quantitative estimate of drug-likeness (QED) is 0.889. The van der Waals surface area contributed by atoms with Crippen LogP contribution in [0.3, 0.4) is 0 Å². The zero-order valence-corrected chi connectivity index (χ0v) is 11.4. The van der Waals surface area contributed by atoms with Crippen molar-refractivity contribution in [1.29, 1.82) is 0 Å². The summed E-state index contributed by atoms with van der Waals surface area (Å²) >= 11 is 0. The van der Waals surface area contributed by atoms with Crippen molar-refractivity contribution in [2.75, 3.05) is 5.73 Å². The molecule has 0 fully saturated rings. The van der Waals surface area contributed by atoms with Gasteiger partial charge in [-0.3, -0.25) is 0 Å². The molecule has 0 aliphatic heterocycles. The summed E-state index contributed by atoms with van der Waals surface area (Å²) < 4.78 is 3.70. The van der Waals surface area contributed by atoms with E-state index in [0.29, 0.717) is 5.69 Å². The minimum absolute atomic E-state index is 0.680. The van der Waals surface area contributed by atoms with E-state index in [1.165, 1.54) is 0 Å². The molecule has 0 saturated carbocycles. The van der Waals surface area contributed by atoms with Crippen LogP contribution in [0.2, 0.25) is 0 Å². The maximum absolute atomic E-state index is 6.11. The fourth-order valence-electron chi connectivity index (χ4n) is 1.97. The Morgan fingerprint density at radius 2 is 1.83 bits per heavy atom. The lowest BCUT2D eigenvalue weighted by Crippen LogP contribution is -2.11. The van der Waals surface area contributed by atoms with E-state index in [1.807, 2.05) is 30.1 Å². The number of nitrogens with two attached hydrogens (primary N) is 1. The fourth-order valence-corrected chi connectivity index (χ4v) is 1.97. The van der Waals surface area contributed by atoms with E-state index in [-0.39, 0.29) is 0 Å². The lowest BCUT2D eigenvalue weighted by molar-refractivity contribution is 0.608. The summed E-state index contributed by atoms with van der Waals surface area (Å²) in [7, 11) is 0. The third kappa shape index (κ3) is 1.87. The molecule has 2 heterocycles. The summed E-state index contributed by atoms with van der Waals surface area (Å²) in [6.45, 7) is 8.82. The molecule has 18 heavy (non-hydrogen) atoms. The smallest absolute Gasteiger partial charge is 0.177 e. The van der Waals surface area contributed by atoms with E-state index in [4.69, 9.17) is 5.73 Å². The number of nitrogens with zero attached hydrogens (tertiary/aromatic N) is 5. The number of hydrogen-bond donors (Lipinski definition) is 1. The first kappa shape index (κ1) is 12.6. The van der Waals surface area contributed by atoms with Gasteiger partial charge >= 0.3 is 0 Å². The van der Waals surface area contributed by atoms with Gasteiger partial charge in [0.05, 0.1) is 11.4 Å². The highest BCUT2D eigenvalue weighted by Gasteiger charge is 2.18. The molecule has 6 nitrogen and oxygen atoms in total. The van der Waals surface area contributed by atoms with Crippen molar-refractivity contribution in [3.8, 4) is 5.82 Å². The van der Waals surface area contributed by atoms with Crippen molar-refractivity contribution in [1.82, 2.24) is 24.5 Å². The Labute approximate surface area is 107 Å². The van der Waals surface area contributed by atoms with Gasteiger partial charge in [-0.05, 0) is 13.8 Å². The second-order valence-corrected chi connectivity index (χ2v) is 4.20. The predicted octanol–water partition coefficient (Wildman–Crippen LogP) is 1.50. The summed E-state index contributed by atoms with van der Waals surface area (Å²) in [6.07, 6.45) is 1.64. The molecule has 0 atom stereocenters. The number of anilines is 1. The van der Waals surface area contributed by atoms with Crippen LogP contribution in [0.1, 0.15) is 38.1 Å². The van der Waals surface area contributed by atoms with Gasteiger partial charge in [-0.15, -0.1) is 5.10 Å². The molecule has 2 N–H and O–H groups in total. The van der Waals surface area contributed by atoms with Crippen molar-refractivity contribution in [3.05, 3.63) is 17.3 Å². The van der Waals surface area contributed by atoms with Crippen LogP contribution >= 0.6 is 0 Å². The minimum Gasteiger partial charge on any atom is -0.394 e. The van der Waals surface area contributed by atoms with Crippen LogP contribution < -0.4 is 5.73 Å². The average molecular weight is 248 g/mol. The Bertz CT molecular complexity index is 551. The molecule has 2 aromatic heterocycles. The maximum Gasteiger partial charge on any atom is 0.177 e. The van der Waals surface area contributed by atoms with Crippen molar-refractivity contribution < 1.29 is 0 Å². The molecule has 0 spiro atoms. The molecular weight excluding hydrogens is 228 g/mol. The lowest BCUT2D eigenvalue weighted by atomic mass is 10.4. The van der Waals surface area contributed by atoms with Crippen LogP contribution in [-0.2, 0) is 19.4 Å². The minimum atomic E-state index is 0.680. The predicted molar refractivity (Wildman–Crippen MR) is 70.7 cm³/mol. The van der Waals surface area contributed by atoms with Gasteiger partial charge < -0.3 is 5.73 Å². The van der Waals surface area contributed by atoms with E-state index in [9.17, 15) is 0 Å². The molecule has 2 rings (SSSR count). The normalized spacial score (nSPS) is 11.1. The van der Waals surface area contributed by atoms with Crippen molar-refractivity contribution in [2.45, 2.75) is 47.1 Å². The van der Waals surface area contributed by atoms with Gasteiger partial charge in [0.2, 0.25) is 0 Å².